The van der Waals surface area contributed by atoms with Gasteiger partial charge in [-0.05, 0) is 19.5 Å². The smallest absolute Gasteiger partial charge is 0.285 e. The highest BCUT2D eigenvalue weighted by molar-refractivity contribution is 5.98. The molecule has 0 radical (unpaired) electrons. The maximum absolute atomic E-state index is 11.8. The molecule has 0 aliphatic heterocycles. The zero-order chi connectivity index (χ0) is 13.5. The second-order valence-electron chi connectivity index (χ2n) is 3.84. The first kappa shape index (κ1) is 14.1. The third-order valence-electron chi connectivity index (χ3n) is 2.50. The van der Waals surface area contributed by atoms with Crippen LogP contribution in [-0.2, 0) is 0 Å². The number of rotatable bonds is 6. The molecule has 98 valence electrons. The van der Waals surface area contributed by atoms with Crippen molar-refractivity contribution in [2.75, 3.05) is 19.6 Å². The van der Waals surface area contributed by atoms with Gasteiger partial charge in [0.2, 0.25) is 0 Å². The molecule has 0 unspecified atom stereocenters. The van der Waals surface area contributed by atoms with Crippen LogP contribution in [0.5, 0.6) is 0 Å². The minimum Gasteiger partial charge on any atom is -0.351 e. The molecule has 0 aliphatic carbocycles. The number of likely N-dealkylation sites (N-methyl/N-ethyl adjacent to an activating group) is 1. The minimum atomic E-state index is -0.519. The van der Waals surface area contributed by atoms with E-state index in [4.69, 9.17) is 0 Å². The van der Waals surface area contributed by atoms with Crippen molar-refractivity contribution in [3.8, 4) is 0 Å². The number of hydrogen-bond acceptors (Lipinski definition) is 4. The third kappa shape index (κ3) is 3.53. The van der Waals surface area contributed by atoms with Crippen LogP contribution in [0.2, 0.25) is 0 Å². The molecule has 0 aliphatic rings. The molecule has 6 nitrogen and oxygen atoms in total. The van der Waals surface area contributed by atoms with Crippen LogP contribution in [0.3, 0.4) is 0 Å². The van der Waals surface area contributed by atoms with Gasteiger partial charge in [0.25, 0.3) is 11.6 Å². The number of nitro groups is 1. The number of aryl methyl sites for hydroxylation is 1. The molecule has 0 aromatic heterocycles. The Labute approximate surface area is 106 Å². The second-order valence-corrected chi connectivity index (χ2v) is 3.84. The molecule has 0 fully saturated rings. The summed E-state index contributed by atoms with van der Waals surface area (Å²) in [4.78, 5) is 22.3. The number of para-hydroxylation sites is 1. The SMILES string of the molecule is CCNCCNC(=O)c1cccc(C)c1[N+](=O)[O-]. The molecule has 1 aromatic carbocycles. The summed E-state index contributed by atoms with van der Waals surface area (Å²) in [5.41, 5.74) is 0.467. The standard InChI is InChI=1S/C12H17N3O3/c1-3-13-7-8-14-12(16)10-6-4-5-9(2)11(10)15(17)18/h4-6,13H,3,7-8H2,1-2H3,(H,14,16). The average molecular weight is 251 g/mol. The Hall–Kier alpha value is -1.95. The van der Waals surface area contributed by atoms with Gasteiger partial charge >= 0.3 is 0 Å². The Kier molecular flexibility index (Phi) is 5.26. The van der Waals surface area contributed by atoms with E-state index in [0.29, 0.717) is 18.7 Å². The number of benzene rings is 1. The number of nitro benzene ring substituents is 1. The van der Waals surface area contributed by atoms with Crippen molar-refractivity contribution < 1.29 is 9.72 Å². The van der Waals surface area contributed by atoms with E-state index in [-0.39, 0.29) is 11.3 Å². The van der Waals surface area contributed by atoms with E-state index in [0.717, 1.165) is 6.54 Å². The number of carbonyl (C=O) groups excluding carboxylic acids is 1. The van der Waals surface area contributed by atoms with Gasteiger partial charge in [-0.1, -0.05) is 19.1 Å². The average Bonchev–Trinajstić information content (AvgIpc) is 2.33. The number of amides is 1. The maximum atomic E-state index is 11.8. The van der Waals surface area contributed by atoms with E-state index in [2.05, 4.69) is 10.6 Å². The predicted molar refractivity (Wildman–Crippen MR) is 68.7 cm³/mol. The van der Waals surface area contributed by atoms with Gasteiger partial charge in [-0.2, -0.15) is 0 Å². The number of hydrogen-bond donors (Lipinski definition) is 2. The highest BCUT2D eigenvalue weighted by Gasteiger charge is 2.21. The summed E-state index contributed by atoms with van der Waals surface area (Å²) in [5.74, 6) is -0.414. The fraction of sp³-hybridized carbons (Fsp3) is 0.417. The van der Waals surface area contributed by atoms with Crippen LogP contribution in [0, 0.1) is 17.0 Å². The quantitative estimate of drug-likeness (QED) is 0.452. The van der Waals surface area contributed by atoms with Crippen molar-refractivity contribution in [2.24, 2.45) is 0 Å². The van der Waals surface area contributed by atoms with E-state index >= 15 is 0 Å². The fourth-order valence-corrected chi connectivity index (χ4v) is 1.62. The highest BCUT2D eigenvalue weighted by atomic mass is 16.6. The summed E-state index contributed by atoms with van der Waals surface area (Å²) < 4.78 is 0. The molecular formula is C12H17N3O3. The first-order valence-electron chi connectivity index (χ1n) is 5.80. The van der Waals surface area contributed by atoms with Gasteiger partial charge in [-0.25, -0.2) is 0 Å². The molecule has 6 heteroatoms. The molecule has 0 heterocycles. The zero-order valence-corrected chi connectivity index (χ0v) is 10.5. The topological polar surface area (TPSA) is 84.3 Å². The minimum absolute atomic E-state index is 0.108. The fourth-order valence-electron chi connectivity index (χ4n) is 1.62. The van der Waals surface area contributed by atoms with Crippen molar-refractivity contribution in [1.29, 1.82) is 0 Å². The number of carbonyl (C=O) groups is 1. The molecule has 1 aromatic rings. The lowest BCUT2D eigenvalue weighted by Crippen LogP contribution is -2.32. The number of nitrogens with one attached hydrogen (secondary N) is 2. The third-order valence-corrected chi connectivity index (χ3v) is 2.50. The lowest BCUT2D eigenvalue weighted by atomic mass is 10.1. The zero-order valence-electron chi connectivity index (χ0n) is 10.5. The molecule has 1 amide bonds. The van der Waals surface area contributed by atoms with Gasteiger partial charge in [-0.3, -0.25) is 14.9 Å². The van der Waals surface area contributed by atoms with Crippen LogP contribution in [0.1, 0.15) is 22.8 Å². The van der Waals surface area contributed by atoms with Gasteiger partial charge in [0.15, 0.2) is 0 Å². The van der Waals surface area contributed by atoms with Crippen molar-refractivity contribution in [1.82, 2.24) is 10.6 Å². The van der Waals surface area contributed by atoms with Crippen LogP contribution >= 0.6 is 0 Å². The molecule has 18 heavy (non-hydrogen) atoms. The largest absolute Gasteiger partial charge is 0.351 e. The van der Waals surface area contributed by atoms with Gasteiger partial charge in [0.1, 0.15) is 5.56 Å². The Balaban J connectivity index is 2.79. The van der Waals surface area contributed by atoms with Gasteiger partial charge < -0.3 is 10.6 Å². The predicted octanol–water partition coefficient (Wildman–Crippen LogP) is 1.24. The summed E-state index contributed by atoms with van der Waals surface area (Å²) >= 11 is 0. The van der Waals surface area contributed by atoms with Crippen molar-refractivity contribution in [3.05, 3.63) is 39.4 Å². The summed E-state index contributed by atoms with van der Waals surface area (Å²) in [6, 6.07) is 4.73. The first-order valence-corrected chi connectivity index (χ1v) is 5.80. The Morgan fingerprint density at radius 1 is 1.39 bits per heavy atom. The first-order chi connectivity index (χ1) is 8.57. The van der Waals surface area contributed by atoms with Crippen LogP contribution in [-0.4, -0.2) is 30.5 Å². The van der Waals surface area contributed by atoms with E-state index in [1.807, 2.05) is 6.92 Å². The van der Waals surface area contributed by atoms with Crippen LogP contribution < -0.4 is 10.6 Å². The van der Waals surface area contributed by atoms with E-state index in [1.54, 1.807) is 19.1 Å². The molecule has 0 spiro atoms. The van der Waals surface area contributed by atoms with Crippen LogP contribution in [0.15, 0.2) is 18.2 Å². The second kappa shape index (κ2) is 6.70. The lowest BCUT2D eigenvalue weighted by Gasteiger charge is -2.07. The van der Waals surface area contributed by atoms with E-state index in [9.17, 15) is 14.9 Å². The van der Waals surface area contributed by atoms with Crippen LogP contribution in [0.4, 0.5) is 5.69 Å². The van der Waals surface area contributed by atoms with Crippen molar-refractivity contribution in [2.45, 2.75) is 13.8 Å². The molecule has 0 atom stereocenters. The van der Waals surface area contributed by atoms with Crippen LogP contribution in [0.25, 0.3) is 0 Å². The van der Waals surface area contributed by atoms with Gasteiger partial charge in [-0.15, -0.1) is 0 Å². The summed E-state index contributed by atoms with van der Waals surface area (Å²) in [6.45, 7) is 5.49. The van der Waals surface area contributed by atoms with E-state index in [1.165, 1.54) is 6.07 Å². The molecular weight excluding hydrogens is 234 g/mol. The Morgan fingerprint density at radius 3 is 2.72 bits per heavy atom. The van der Waals surface area contributed by atoms with E-state index < -0.39 is 10.8 Å². The van der Waals surface area contributed by atoms with Gasteiger partial charge in [0.05, 0.1) is 4.92 Å². The molecule has 0 saturated heterocycles. The normalized spacial score (nSPS) is 10.1. The maximum Gasteiger partial charge on any atom is 0.285 e. The summed E-state index contributed by atoms with van der Waals surface area (Å²) in [7, 11) is 0. The Bertz CT molecular complexity index is 446. The molecule has 1 rings (SSSR count). The summed E-state index contributed by atoms with van der Waals surface area (Å²) in [6.07, 6.45) is 0. The molecule has 0 saturated carbocycles. The lowest BCUT2D eigenvalue weighted by molar-refractivity contribution is -0.385. The molecule has 2 N–H and O–H groups in total. The van der Waals surface area contributed by atoms with Gasteiger partial charge in [0, 0.05) is 18.7 Å². The molecule has 0 bridgehead atoms. The monoisotopic (exact) mass is 251 g/mol. The number of nitrogens with zero attached hydrogens (tertiary/aromatic N) is 1. The Morgan fingerprint density at radius 2 is 2.11 bits per heavy atom. The summed E-state index contributed by atoms with van der Waals surface area (Å²) in [5, 5.41) is 16.6. The highest BCUT2D eigenvalue weighted by Crippen LogP contribution is 2.22. The van der Waals surface area contributed by atoms with Crippen molar-refractivity contribution in [3.63, 3.8) is 0 Å². The van der Waals surface area contributed by atoms with Crippen molar-refractivity contribution >= 4 is 11.6 Å².